The second-order valence-corrected chi connectivity index (χ2v) is 10.9. The SMILES string of the molecule is COC1=CC(N(C)C(=O)c2ccc(O)c(F)c2)C([C@@H]2CCc3cc(OC(=O)C(C)(C)C)ccc3C2)C=C1. The van der Waals surface area contributed by atoms with Crippen LogP contribution < -0.4 is 4.74 Å². The lowest BCUT2D eigenvalue weighted by Crippen LogP contribution is -2.44. The summed E-state index contributed by atoms with van der Waals surface area (Å²) >= 11 is 0. The molecule has 0 spiro atoms. The molecule has 0 aromatic heterocycles. The second-order valence-electron chi connectivity index (χ2n) is 10.9. The summed E-state index contributed by atoms with van der Waals surface area (Å²) < 4.78 is 25.0. The highest BCUT2D eigenvalue weighted by Gasteiger charge is 2.36. The number of halogens is 1. The fourth-order valence-electron chi connectivity index (χ4n) is 4.99. The molecule has 2 aliphatic rings. The van der Waals surface area contributed by atoms with Gasteiger partial charge >= 0.3 is 5.97 Å². The van der Waals surface area contributed by atoms with Gasteiger partial charge in [0, 0.05) is 18.5 Å². The Bertz CT molecular complexity index is 1260. The number of phenolic OH excluding ortho intramolecular Hbond substituents is 1. The molecular formula is C30H34FNO5. The van der Waals surface area contributed by atoms with Crippen LogP contribution in [-0.2, 0) is 22.4 Å². The molecule has 0 saturated heterocycles. The highest BCUT2D eigenvalue weighted by molar-refractivity contribution is 5.94. The maximum absolute atomic E-state index is 13.9. The number of likely N-dealkylation sites (N-methyl/N-ethyl adjacent to an activating group) is 1. The third kappa shape index (κ3) is 5.71. The lowest BCUT2D eigenvalue weighted by molar-refractivity contribution is -0.143. The summed E-state index contributed by atoms with van der Waals surface area (Å²) in [6.07, 6.45) is 8.52. The van der Waals surface area contributed by atoms with E-state index in [4.69, 9.17) is 9.47 Å². The number of methoxy groups -OCH3 is 1. The van der Waals surface area contributed by atoms with Gasteiger partial charge in [-0.3, -0.25) is 9.59 Å². The van der Waals surface area contributed by atoms with Gasteiger partial charge in [-0.05, 0) is 99.6 Å². The normalized spacial score (nSPS) is 21.0. The number of ether oxygens (including phenoxy) is 2. The summed E-state index contributed by atoms with van der Waals surface area (Å²) in [7, 11) is 3.30. The van der Waals surface area contributed by atoms with Crippen LogP contribution in [0.1, 0.15) is 48.7 Å². The topological polar surface area (TPSA) is 76.1 Å². The number of amides is 1. The van der Waals surface area contributed by atoms with Crippen molar-refractivity contribution < 1.29 is 28.6 Å². The maximum atomic E-state index is 13.9. The number of allylic oxidation sites excluding steroid dienone is 1. The summed E-state index contributed by atoms with van der Waals surface area (Å²) in [4.78, 5) is 27.2. The summed E-state index contributed by atoms with van der Waals surface area (Å²) in [6, 6.07) is 9.21. The van der Waals surface area contributed by atoms with E-state index in [0.717, 1.165) is 25.3 Å². The zero-order chi connectivity index (χ0) is 26.9. The molecular weight excluding hydrogens is 473 g/mol. The minimum atomic E-state index is -0.830. The molecule has 7 heteroatoms. The minimum absolute atomic E-state index is 0.0290. The summed E-state index contributed by atoms with van der Waals surface area (Å²) in [5.41, 5.74) is 1.97. The average molecular weight is 508 g/mol. The highest BCUT2D eigenvalue weighted by atomic mass is 19.1. The molecule has 2 aromatic carbocycles. The van der Waals surface area contributed by atoms with Crippen molar-refractivity contribution >= 4 is 11.9 Å². The minimum Gasteiger partial charge on any atom is -0.505 e. The number of carbonyl (C=O) groups excluding carboxylic acids is 2. The van der Waals surface area contributed by atoms with Gasteiger partial charge in [0.05, 0.1) is 18.6 Å². The standard InChI is InChI=1S/C30H34FNO5/c1-30(2,3)29(35)37-23-10-8-18-14-20(7-6-19(18)15-23)24-12-11-22(36-5)17-26(24)32(4)28(34)21-9-13-27(33)25(31)16-21/h8-13,15-17,20,24,26,33H,6-7,14H2,1-5H3/t20-,24?,26?/m1/s1. The van der Waals surface area contributed by atoms with Crippen molar-refractivity contribution in [3.63, 3.8) is 0 Å². The van der Waals surface area contributed by atoms with Gasteiger partial charge in [0.2, 0.25) is 0 Å². The van der Waals surface area contributed by atoms with Crippen LogP contribution in [0, 0.1) is 23.1 Å². The highest BCUT2D eigenvalue weighted by Crippen LogP contribution is 2.38. The number of carbonyl (C=O) groups is 2. The number of fused-ring (bicyclic) bond motifs is 1. The van der Waals surface area contributed by atoms with Crippen LogP contribution in [0.4, 0.5) is 4.39 Å². The quantitative estimate of drug-likeness (QED) is 0.431. The van der Waals surface area contributed by atoms with E-state index in [9.17, 15) is 19.1 Å². The fourth-order valence-corrected chi connectivity index (χ4v) is 4.99. The number of rotatable bonds is 5. The van der Waals surface area contributed by atoms with Gasteiger partial charge in [-0.15, -0.1) is 0 Å². The van der Waals surface area contributed by atoms with E-state index in [0.29, 0.717) is 11.5 Å². The molecule has 196 valence electrons. The second kappa shape index (κ2) is 10.4. The van der Waals surface area contributed by atoms with Crippen LogP contribution in [0.5, 0.6) is 11.5 Å². The van der Waals surface area contributed by atoms with E-state index >= 15 is 0 Å². The molecule has 1 amide bonds. The largest absolute Gasteiger partial charge is 0.505 e. The number of nitrogens with zero attached hydrogens (tertiary/aromatic N) is 1. The third-order valence-electron chi connectivity index (χ3n) is 7.22. The molecule has 0 heterocycles. The molecule has 0 fully saturated rings. The predicted molar refractivity (Wildman–Crippen MR) is 139 cm³/mol. The number of hydrogen-bond acceptors (Lipinski definition) is 5. The summed E-state index contributed by atoms with van der Waals surface area (Å²) in [5, 5.41) is 9.51. The maximum Gasteiger partial charge on any atom is 0.316 e. The Kier molecular flexibility index (Phi) is 7.44. The molecule has 4 rings (SSSR count). The molecule has 0 bridgehead atoms. The van der Waals surface area contributed by atoms with E-state index in [-0.39, 0.29) is 35.3 Å². The number of hydrogen-bond donors (Lipinski definition) is 1. The lowest BCUT2D eigenvalue weighted by Gasteiger charge is -2.39. The number of benzene rings is 2. The van der Waals surface area contributed by atoms with E-state index in [1.165, 1.54) is 23.3 Å². The molecule has 2 aromatic rings. The van der Waals surface area contributed by atoms with Crippen molar-refractivity contribution in [2.24, 2.45) is 17.3 Å². The molecule has 0 radical (unpaired) electrons. The Morgan fingerprint density at radius 3 is 2.54 bits per heavy atom. The Hall–Kier alpha value is -3.61. The van der Waals surface area contributed by atoms with Gasteiger partial charge in [0.15, 0.2) is 11.6 Å². The lowest BCUT2D eigenvalue weighted by atomic mass is 9.72. The molecule has 2 unspecified atom stereocenters. The molecule has 1 N–H and O–H groups in total. The number of esters is 1. The average Bonchev–Trinajstić information content (AvgIpc) is 2.88. The number of phenols is 1. The van der Waals surface area contributed by atoms with Gasteiger partial charge in [0.25, 0.3) is 5.91 Å². The molecule has 6 nitrogen and oxygen atoms in total. The Labute approximate surface area is 217 Å². The van der Waals surface area contributed by atoms with E-state index in [1.807, 2.05) is 51.1 Å². The van der Waals surface area contributed by atoms with Crippen molar-refractivity contribution in [3.05, 3.63) is 82.9 Å². The van der Waals surface area contributed by atoms with Gasteiger partial charge < -0.3 is 19.5 Å². The van der Waals surface area contributed by atoms with Crippen molar-refractivity contribution in [1.82, 2.24) is 4.90 Å². The van der Waals surface area contributed by atoms with Crippen LogP contribution in [0.15, 0.2) is 60.4 Å². The van der Waals surface area contributed by atoms with E-state index < -0.39 is 17.0 Å². The molecule has 3 atom stereocenters. The Balaban J connectivity index is 1.54. The van der Waals surface area contributed by atoms with Crippen molar-refractivity contribution in [1.29, 1.82) is 0 Å². The summed E-state index contributed by atoms with van der Waals surface area (Å²) in [5.74, 6) is -0.401. The predicted octanol–water partition coefficient (Wildman–Crippen LogP) is 5.44. The number of aromatic hydroxyl groups is 1. The Morgan fingerprint density at radius 1 is 1.11 bits per heavy atom. The fraction of sp³-hybridized carbons (Fsp3) is 0.400. The van der Waals surface area contributed by atoms with Crippen LogP contribution in [0.2, 0.25) is 0 Å². The first kappa shape index (κ1) is 26.5. The first-order valence-electron chi connectivity index (χ1n) is 12.5. The summed E-state index contributed by atoms with van der Waals surface area (Å²) in [6.45, 7) is 5.49. The molecule has 0 saturated carbocycles. The van der Waals surface area contributed by atoms with Crippen LogP contribution in [-0.4, -0.2) is 42.1 Å². The van der Waals surface area contributed by atoms with Crippen molar-refractivity contribution in [2.45, 2.75) is 46.1 Å². The van der Waals surface area contributed by atoms with E-state index in [1.54, 1.807) is 19.1 Å². The molecule has 2 aliphatic carbocycles. The first-order chi connectivity index (χ1) is 17.5. The Morgan fingerprint density at radius 2 is 1.86 bits per heavy atom. The van der Waals surface area contributed by atoms with E-state index in [2.05, 4.69) is 6.08 Å². The molecule has 0 aliphatic heterocycles. The van der Waals surface area contributed by atoms with Gasteiger partial charge in [-0.1, -0.05) is 12.1 Å². The van der Waals surface area contributed by atoms with Gasteiger partial charge in [0.1, 0.15) is 11.5 Å². The number of aryl methyl sites for hydroxylation is 1. The zero-order valence-corrected chi connectivity index (χ0v) is 22.0. The third-order valence-corrected chi connectivity index (χ3v) is 7.22. The van der Waals surface area contributed by atoms with Crippen molar-refractivity contribution in [3.8, 4) is 11.5 Å². The zero-order valence-electron chi connectivity index (χ0n) is 22.0. The molecule has 37 heavy (non-hydrogen) atoms. The van der Waals surface area contributed by atoms with Crippen LogP contribution in [0.3, 0.4) is 0 Å². The van der Waals surface area contributed by atoms with Crippen LogP contribution >= 0.6 is 0 Å². The van der Waals surface area contributed by atoms with Crippen molar-refractivity contribution in [2.75, 3.05) is 14.2 Å². The smallest absolute Gasteiger partial charge is 0.316 e. The van der Waals surface area contributed by atoms with Gasteiger partial charge in [-0.2, -0.15) is 0 Å². The van der Waals surface area contributed by atoms with Crippen LogP contribution in [0.25, 0.3) is 0 Å². The van der Waals surface area contributed by atoms with Gasteiger partial charge in [-0.25, -0.2) is 4.39 Å². The first-order valence-corrected chi connectivity index (χ1v) is 12.5. The monoisotopic (exact) mass is 507 g/mol.